The quantitative estimate of drug-likeness (QED) is 0.943. The number of nitrogens with zero attached hydrogens (tertiary/aromatic N) is 2. The van der Waals surface area contributed by atoms with E-state index in [0.29, 0.717) is 23.7 Å². The summed E-state index contributed by atoms with van der Waals surface area (Å²) in [7, 11) is 1.86. The van der Waals surface area contributed by atoms with Crippen LogP contribution >= 0.6 is 11.6 Å². The Hall–Kier alpha value is -1.75. The molecule has 1 aromatic heterocycles. The lowest BCUT2D eigenvalue weighted by Crippen LogP contribution is -2.25. The molecule has 3 rings (SSSR count). The van der Waals surface area contributed by atoms with E-state index in [4.69, 9.17) is 16.3 Å². The van der Waals surface area contributed by atoms with Gasteiger partial charge in [0.25, 0.3) is 0 Å². The molecule has 106 valence electrons. The van der Waals surface area contributed by atoms with Gasteiger partial charge in [-0.2, -0.15) is 5.10 Å². The summed E-state index contributed by atoms with van der Waals surface area (Å²) in [5.41, 5.74) is 0.808. The lowest BCUT2D eigenvalue weighted by Gasteiger charge is -2.20. The fraction of sp³-hybridized carbons (Fsp3) is 0.429. The van der Waals surface area contributed by atoms with E-state index in [1.165, 1.54) is 0 Å². The zero-order valence-corrected chi connectivity index (χ0v) is 12.1. The van der Waals surface area contributed by atoms with Crippen LogP contribution in [-0.4, -0.2) is 28.3 Å². The molecule has 2 heterocycles. The smallest absolute Gasteiger partial charge is 0.220 e. The number of nitrogens with one attached hydrogen (secondary N) is 1. The monoisotopic (exact) mass is 293 g/mol. The number of fused-ring (bicyclic) bond motifs is 1. The molecule has 1 saturated heterocycles. The summed E-state index contributed by atoms with van der Waals surface area (Å²) in [5, 5.41) is 8.69. The highest BCUT2D eigenvalue weighted by Gasteiger charge is 2.28. The van der Waals surface area contributed by atoms with Crippen LogP contribution < -0.4 is 10.1 Å². The number of rotatable bonds is 3. The molecule has 0 spiro atoms. The highest BCUT2D eigenvalue weighted by molar-refractivity contribution is 6.31. The molecular formula is C14H16ClN3O2. The number of carbonyl (C=O) groups excluding carboxylic acids is 1. The van der Waals surface area contributed by atoms with E-state index in [9.17, 15) is 4.79 Å². The molecule has 2 atom stereocenters. The summed E-state index contributed by atoms with van der Waals surface area (Å²) >= 11 is 6.10. The van der Waals surface area contributed by atoms with Crippen molar-refractivity contribution in [2.45, 2.75) is 19.4 Å². The highest BCUT2D eigenvalue weighted by Crippen LogP contribution is 2.31. The van der Waals surface area contributed by atoms with Crippen molar-refractivity contribution in [1.82, 2.24) is 15.1 Å². The Morgan fingerprint density at radius 1 is 1.55 bits per heavy atom. The summed E-state index contributed by atoms with van der Waals surface area (Å²) in [6, 6.07) is 3.61. The Morgan fingerprint density at radius 2 is 2.35 bits per heavy atom. The van der Waals surface area contributed by atoms with Gasteiger partial charge in [-0.1, -0.05) is 11.6 Å². The zero-order valence-electron chi connectivity index (χ0n) is 11.4. The van der Waals surface area contributed by atoms with Gasteiger partial charge in [0, 0.05) is 37.2 Å². The Kier molecular flexibility index (Phi) is 3.30. The van der Waals surface area contributed by atoms with Gasteiger partial charge in [-0.25, -0.2) is 0 Å². The molecule has 6 heteroatoms. The third-order valence-electron chi connectivity index (χ3n) is 3.65. The van der Waals surface area contributed by atoms with Crippen LogP contribution in [0, 0.1) is 5.92 Å². The van der Waals surface area contributed by atoms with E-state index in [2.05, 4.69) is 10.4 Å². The zero-order chi connectivity index (χ0) is 14.3. The van der Waals surface area contributed by atoms with E-state index in [0.717, 1.165) is 10.9 Å². The van der Waals surface area contributed by atoms with Crippen LogP contribution in [0.5, 0.6) is 5.75 Å². The third-order valence-corrected chi connectivity index (χ3v) is 3.87. The Bertz CT molecular complexity index is 668. The molecule has 1 fully saturated rings. The van der Waals surface area contributed by atoms with Crippen molar-refractivity contribution in [3.63, 3.8) is 0 Å². The number of halogens is 1. The molecule has 5 nitrogen and oxygen atoms in total. The van der Waals surface area contributed by atoms with Crippen molar-refractivity contribution in [1.29, 1.82) is 0 Å². The molecule has 0 bridgehead atoms. The van der Waals surface area contributed by atoms with Crippen LogP contribution in [0.15, 0.2) is 18.3 Å². The summed E-state index contributed by atoms with van der Waals surface area (Å²) in [6.07, 6.45) is 2.36. The predicted octanol–water partition coefficient (Wildman–Crippen LogP) is 2.13. The highest BCUT2D eigenvalue weighted by atomic mass is 35.5. The first-order chi connectivity index (χ1) is 9.52. The molecule has 2 aromatic rings. The first kappa shape index (κ1) is 13.2. The molecule has 0 unspecified atom stereocenters. The van der Waals surface area contributed by atoms with Crippen molar-refractivity contribution in [3.05, 3.63) is 23.4 Å². The Labute approximate surface area is 121 Å². The maximum Gasteiger partial charge on any atom is 0.220 e. The van der Waals surface area contributed by atoms with Crippen LogP contribution in [0.4, 0.5) is 0 Å². The first-order valence-corrected chi connectivity index (χ1v) is 6.97. The lowest BCUT2D eigenvalue weighted by molar-refractivity contribution is -0.119. The molecule has 0 radical (unpaired) electrons. The maximum atomic E-state index is 11.3. The van der Waals surface area contributed by atoms with Crippen molar-refractivity contribution in [2.75, 3.05) is 6.54 Å². The molecule has 0 saturated carbocycles. The molecule has 1 aromatic carbocycles. The van der Waals surface area contributed by atoms with Crippen LogP contribution in [0.25, 0.3) is 10.9 Å². The topological polar surface area (TPSA) is 56.1 Å². The molecular weight excluding hydrogens is 278 g/mol. The number of amides is 1. The van der Waals surface area contributed by atoms with Gasteiger partial charge in [0.15, 0.2) is 0 Å². The molecule has 1 aliphatic heterocycles. The molecule has 1 aliphatic rings. The van der Waals surface area contributed by atoms with Crippen molar-refractivity contribution in [2.24, 2.45) is 13.0 Å². The van der Waals surface area contributed by atoms with E-state index >= 15 is 0 Å². The molecule has 0 aliphatic carbocycles. The van der Waals surface area contributed by atoms with Gasteiger partial charge in [0.1, 0.15) is 11.9 Å². The second kappa shape index (κ2) is 4.98. The van der Waals surface area contributed by atoms with Crippen LogP contribution in [0.1, 0.15) is 13.3 Å². The van der Waals surface area contributed by atoms with Crippen molar-refractivity contribution >= 4 is 28.4 Å². The number of benzene rings is 1. The average molecular weight is 294 g/mol. The summed E-state index contributed by atoms with van der Waals surface area (Å²) in [6.45, 7) is 2.64. The lowest BCUT2D eigenvalue weighted by atomic mass is 10.0. The number of aryl methyl sites for hydroxylation is 1. The van der Waals surface area contributed by atoms with Gasteiger partial charge in [0.05, 0.1) is 10.9 Å². The van der Waals surface area contributed by atoms with E-state index < -0.39 is 0 Å². The predicted molar refractivity (Wildman–Crippen MR) is 76.9 cm³/mol. The van der Waals surface area contributed by atoms with Crippen LogP contribution in [0.2, 0.25) is 5.02 Å². The average Bonchev–Trinajstić information content (AvgIpc) is 2.94. The van der Waals surface area contributed by atoms with E-state index in [1.807, 2.05) is 26.2 Å². The van der Waals surface area contributed by atoms with Gasteiger partial charge >= 0.3 is 0 Å². The second-order valence-corrected chi connectivity index (χ2v) is 5.67. The van der Waals surface area contributed by atoms with E-state index in [-0.39, 0.29) is 17.9 Å². The molecule has 1 amide bonds. The summed E-state index contributed by atoms with van der Waals surface area (Å²) < 4.78 is 7.76. The minimum absolute atomic E-state index is 0.0594. The molecule has 1 N–H and O–H groups in total. The number of hydrogen-bond donors (Lipinski definition) is 1. The normalized spacial score (nSPS) is 20.1. The first-order valence-electron chi connectivity index (χ1n) is 6.59. The Balaban J connectivity index is 1.88. The largest absolute Gasteiger partial charge is 0.490 e. The van der Waals surface area contributed by atoms with Gasteiger partial charge < -0.3 is 10.1 Å². The van der Waals surface area contributed by atoms with Crippen LogP contribution in [-0.2, 0) is 11.8 Å². The SMILES string of the molecule is C[C@@H](Oc1cc(Cl)cc2nn(C)cc12)[C@H]1CNC(=O)C1. The minimum atomic E-state index is -0.0594. The number of ether oxygens (including phenoxy) is 1. The number of aromatic nitrogens is 2. The molecule has 20 heavy (non-hydrogen) atoms. The number of hydrogen-bond acceptors (Lipinski definition) is 3. The third kappa shape index (κ3) is 2.45. The van der Waals surface area contributed by atoms with Crippen molar-refractivity contribution in [3.8, 4) is 5.75 Å². The van der Waals surface area contributed by atoms with Gasteiger partial charge in [-0.3, -0.25) is 9.48 Å². The van der Waals surface area contributed by atoms with Gasteiger partial charge in [0.2, 0.25) is 5.91 Å². The van der Waals surface area contributed by atoms with Gasteiger partial charge in [-0.05, 0) is 19.1 Å². The fourth-order valence-corrected chi connectivity index (χ4v) is 2.73. The minimum Gasteiger partial charge on any atom is -0.490 e. The standard InChI is InChI=1S/C14H16ClN3O2/c1-8(9-3-14(19)16-6-9)20-13-5-10(15)4-12-11(13)7-18(2)17-12/h4-5,7-9H,3,6H2,1-2H3,(H,16,19)/t8-,9-/m1/s1. The summed E-state index contributed by atoms with van der Waals surface area (Å²) in [4.78, 5) is 11.3. The number of carbonyl (C=O) groups is 1. The maximum absolute atomic E-state index is 11.3. The van der Waals surface area contributed by atoms with E-state index in [1.54, 1.807) is 10.7 Å². The Morgan fingerprint density at radius 3 is 3.05 bits per heavy atom. The summed E-state index contributed by atoms with van der Waals surface area (Å²) in [5.74, 6) is 0.990. The van der Waals surface area contributed by atoms with Crippen molar-refractivity contribution < 1.29 is 9.53 Å². The fourth-order valence-electron chi connectivity index (χ4n) is 2.53. The van der Waals surface area contributed by atoms with Gasteiger partial charge in [-0.15, -0.1) is 0 Å². The second-order valence-electron chi connectivity index (χ2n) is 5.23. The van der Waals surface area contributed by atoms with Crippen LogP contribution in [0.3, 0.4) is 0 Å².